The van der Waals surface area contributed by atoms with Crippen LogP contribution in [0.1, 0.15) is 38.4 Å². The fourth-order valence-electron chi connectivity index (χ4n) is 4.64. The van der Waals surface area contributed by atoms with E-state index < -0.39 is 47.8 Å². The number of ether oxygens (including phenoxy) is 1. The lowest BCUT2D eigenvalue weighted by molar-refractivity contribution is -0.120. The van der Waals surface area contributed by atoms with Gasteiger partial charge in [-0.3, -0.25) is 19.1 Å². The maximum atomic E-state index is 14.1. The number of halogens is 2. The monoisotopic (exact) mass is 653 g/mol. The zero-order chi connectivity index (χ0) is 31.7. The molecule has 5 atom stereocenters. The molecule has 3 aromatic rings. The molecule has 1 fully saturated rings. The summed E-state index contributed by atoms with van der Waals surface area (Å²) in [5, 5.41) is 25.4. The van der Waals surface area contributed by atoms with Crippen molar-refractivity contribution in [1.82, 2.24) is 14.6 Å². The van der Waals surface area contributed by atoms with Crippen molar-refractivity contribution in [3.05, 3.63) is 58.0 Å². The number of hydrogen-bond acceptors (Lipinski definition) is 11. The van der Waals surface area contributed by atoms with Gasteiger partial charge in [0.2, 0.25) is 11.5 Å². The second-order valence-corrected chi connectivity index (χ2v) is 13.8. The lowest BCUT2D eigenvalue weighted by atomic mass is 9.94. The zero-order valence-electron chi connectivity index (χ0n) is 23.5. The summed E-state index contributed by atoms with van der Waals surface area (Å²) in [5.41, 5.74) is 3.29. The molecule has 16 heteroatoms. The summed E-state index contributed by atoms with van der Waals surface area (Å²) in [6.45, 7) is 3.73. The number of rotatable bonds is 12. The van der Waals surface area contributed by atoms with Crippen LogP contribution in [0.2, 0.25) is 0 Å². The van der Waals surface area contributed by atoms with Gasteiger partial charge in [0.05, 0.1) is 18.5 Å². The van der Waals surface area contributed by atoms with Gasteiger partial charge in [-0.15, -0.1) is 5.10 Å². The second kappa shape index (κ2) is 12.4. The lowest BCUT2D eigenvalue weighted by Gasteiger charge is -2.30. The van der Waals surface area contributed by atoms with Crippen molar-refractivity contribution in [2.24, 2.45) is 5.92 Å². The molecule has 3 heterocycles. The first-order chi connectivity index (χ1) is 20.1. The maximum Gasteiger partial charge on any atom is 0.380 e. The van der Waals surface area contributed by atoms with Crippen molar-refractivity contribution in [3.63, 3.8) is 0 Å². The molecular formula is C27H30Cl2N5O8P. The number of nitriles is 1. The maximum absolute atomic E-state index is 14.1. The van der Waals surface area contributed by atoms with Crippen LogP contribution in [0, 0.1) is 17.2 Å². The van der Waals surface area contributed by atoms with Crippen LogP contribution in [0.4, 0.5) is 5.95 Å². The van der Waals surface area contributed by atoms with Crippen LogP contribution < -0.4 is 15.8 Å². The Morgan fingerprint density at radius 1 is 1.30 bits per heavy atom. The molecule has 0 saturated carbocycles. The van der Waals surface area contributed by atoms with E-state index in [1.54, 1.807) is 31.2 Å². The zero-order valence-corrected chi connectivity index (χ0v) is 25.9. The minimum atomic E-state index is -4.15. The molecule has 230 valence electrons. The smallest absolute Gasteiger partial charge is 0.380 e. The van der Waals surface area contributed by atoms with E-state index in [0.29, 0.717) is 12.0 Å². The average Bonchev–Trinajstić information content (AvgIpc) is 3.44. The first-order valence-electron chi connectivity index (χ1n) is 13.2. The molecule has 0 radical (unpaired) electrons. The quantitative estimate of drug-likeness (QED) is 0.191. The van der Waals surface area contributed by atoms with Crippen molar-refractivity contribution in [2.45, 2.75) is 55.8 Å². The number of nitrogens with two attached hydrogens (primary N) is 1. The predicted octanol–water partition coefficient (Wildman–Crippen LogP) is 3.29. The number of benzene rings is 1. The highest BCUT2D eigenvalue weighted by Gasteiger charge is 2.67. The van der Waals surface area contributed by atoms with Crippen molar-refractivity contribution in [3.8, 4) is 11.8 Å². The number of alkyl halides is 2. The van der Waals surface area contributed by atoms with Gasteiger partial charge < -0.3 is 24.9 Å². The van der Waals surface area contributed by atoms with Crippen LogP contribution in [0.5, 0.6) is 5.75 Å². The Morgan fingerprint density at radius 3 is 2.65 bits per heavy atom. The van der Waals surface area contributed by atoms with Crippen LogP contribution in [0.3, 0.4) is 0 Å². The predicted molar refractivity (Wildman–Crippen MR) is 157 cm³/mol. The number of H-pyrrole nitrogens is 1. The van der Waals surface area contributed by atoms with Crippen LogP contribution in [0.15, 0.2) is 41.2 Å². The largest absolute Gasteiger partial charge is 0.424 e. The number of carbonyl (C=O) groups excluding carboxylic acids is 2. The Balaban J connectivity index is 1.66. The molecule has 1 aliphatic rings. The lowest BCUT2D eigenvalue weighted by Crippen LogP contribution is -2.46. The number of aromatic nitrogens is 3. The summed E-state index contributed by atoms with van der Waals surface area (Å²) in [5.74, 6) is -1.11. The Bertz CT molecular complexity index is 1700. The van der Waals surface area contributed by atoms with Gasteiger partial charge in [0.15, 0.2) is 4.33 Å². The number of aromatic amines is 1. The molecule has 0 amide bonds. The van der Waals surface area contributed by atoms with E-state index in [1.165, 1.54) is 26.0 Å². The number of para-hydroxylation sites is 1. The second-order valence-electron chi connectivity index (χ2n) is 10.4. The number of carbonyl (C=O) groups is 2. The van der Waals surface area contributed by atoms with Gasteiger partial charge in [0.1, 0.15) is 41.1 Å². The van der Waals surface area contributed by atoms with Gasteiger partial charge in [-0.2, -0.15) is 5.26 Å². The molecule has 1 aromatic carbocycles. The Morgan fingerprint density at radius 2 is 2.00 bits per heavy atom. The third-order valence-electron chi connectivity index (χ3n) is 7.16. The van der Waals surface area contributed by atoms with Crippen LogP contribution in [0.25, 0.3) is 5.52 Å². The van der Waals surface area contributed by atoms with Crippen LogP contribution >= 0.6 is 30.8 Å². The molecule has 2 aromatic heterocycles. The molecule has 4 rings (SSSR count). The number of ketones is 2. The highest BCUT2D eigenvalue weighted by Crippen LogP contribution is 2.56. The highest BCUT2D eigenvalue weighted by atomic mass is 35.5. The summed E-state index contributed by atoms with van der Waals surface area (Å²) in [6.07, 6.45) is -2.99. The third kappa shape index (κ3) is 6.36. The molecule has 0 aliphatic carbocycles. The van der Waals surface area contributed by atoms with Crippen molar-refractivity contribution in [1.29, 1.82) is 5.26 Å². The Labute approximate surface area is 256 Å². The molecule has 1 aliphatic heterocycles. The molecule has 43 heavy (non-hydrogen) atoms. The molecule has 1 unspecified atom stereocenters. The number of anilines is 1. The number of Topliss-reactive ketones (excluding diaryl/α,β-unsaturated/α-hetero) is 2. The molecule has 0 spiro atoms. The molecule has 1 saturated heterocycles. The summed E-state index contributed by atoms with van der Waals surface area (Å²) >= 11 is 13.2. The number of nitrogen functional groups attached to an aromatic ring is 1. The van der Waals surface area contributed by atoms with Gasteiger partial charge in [-0.25, -0.2) is 9.08 Å². The average molecular weight is 654 g/mol. The summed E-state index contributed by atoms with van der Waals surface area (Å²) < 4.78 is 30.4. The van der Waals surface area contributed by atoms with Crippen LogP contribution in [-0.2, 0) is 35.4 Å². The number of aliphatic hydroxyl groups is 1. The molecule has 4 N–H and O–H groups in total. The van der Waals surface area contributed by atoms with Gasteiger partial charge >= 0.3 is 7.60 Å². The van der Waals surface area contributed by atoms with Crippen molar-refractivity contribution >= 4 is 53.8 Å². The van der Waals surface area contributed by atoms with Crippen LogP contribution in [-0.4, -0.2) is 60.6 Å². The highest BCUT2D eigenvalue weighted by molar-refractivity contribution is 7.54. The van der Waals surface area contributed by atoms with E-state index in [1.807, 2.05) is 6.07 Å². The van der Waals surface area contributed by atoms with E-state index in [9.17, 15) is 29.3 Å². The number of nitrogens with zero attached hydrogens (tertiary/aromatic N) is 3. The van der Waals surface area contributed by atoms with Gasteiger partial charge in [0.25, 0.3) is 5.56 Å². The van der Waals surface area contributed by atoms with Gasteiger partial charge in [-0.1, -0.05) is 48.3 Å². The fourth-order valence-corrected chi connectivity index (χ4v) is 7.30. The number of hydrogen-bond donors (Lipinski definition) is 3. The fraction of sp³-hybridized carbons (Fsp3) is 0.444. The minimum absolute atomic E-state index is 0.000285. The summed E-state index contributed by atoms with van der Waals surface area (Å²) in [6, 6.07) is 11.2. The van der Waals surface area contributed by atoms with E-state index in [0.717, 1.165) is 4.52 Å². The minimum Gasteiger partial charge on any atom is -0.424 e. The van der Waals surface area contributed by atoms with Crippen molar-refractivity contribution < 1.29 is 33.0 Å². The van der Waals surface area contributed by atoms with Crippen molar-refractivity contribution in [2.75, 3.05) is 18.5 Å². The first kappa shape index (κ1) is 32.7. The first-order valence-corrected chi connectivity index (χ1v) is 15.7. The molecule has 13 nitrogen and oxygen atoms in total. The van der Waals surface area contributed by atoms with E-state index >= 15 is 0 Å². The number of fused-ring (bicyclic) bond motifs is 1. The van der Waals surface area contributed by atoms with E-state index in [-0.39, 0.29) is 47.1 Å². The summed E-state index contributed by atoms with van der Waals surface area (Å²) in [4.78, 5) is 38.3. The third-order valence-corrected chi connectivity index (χ3v) is 10.2. The SMILES string of the molecule is CC(=O)CCc1ccccc1OP(=O)(C[C@@H](C)C(C)=O)OC[C@H]1O[C@@](C#N)(c2ccc3c(=O)[nH]c(N)nn23)C(Cl)(Cl)[C@H]1O. The standard InChI is InChI=1S/C27H30Cl2N5O8P/c1-15(17(3)36)13-43(39,42-20-7-5-4-6-18(20)9-8-16(2)35)40-12-21-23(37)27(28,29)26(14-30,41-21)22-11-10-19-24(38)32-25(31)33-34(19)22/h4-7,10-11,15,21,23,37H,8-9,12-13H2,1-3H3,(H3,31,32,33,38)/t15-,21-,23+,26+,43?/m1/s1. The number of aryl methyl sites for hydroxylation is 1. The number of aliphatic hydroxyl groups excluding tert-OH is 1. The normalized spacial score (nSPS) is 23.4. The van der Waals surface area contributed by atoms with Gasteiger partial charge in [-0.05, 0) is 44.0 Å². The summed E-state index contributed by atoms with van der Waals surface area (Å²) in [7, 11) is -4.15. The Hall–Kier alpha value is -3.24. The molecular weight excluding hydrogens is 624 g/mol. The molecule has 0 bridgehead atoms. The van der Waals surface area contributed by atoms with E-state index in [2.05, 4.69) is 10.1 Å². The Kier molecular flexibility index (Phi) is 9.42. The van der Waals surface area contributed by atoms with E-state index in [4.69, 9.17) is 42.7 Å². The van der Waals surface area contributed by atoms with Gasteiger partial charge in [0, 0.05) is 12.3 Å². The topological polar surface area (TPSA) is 199 Å². The number of nitrogens with one attached hydrogen (secondary N) is 1.